The van der Waals surface area contributed by atoms with E-state index in [-0.39, 0.29) is 12.5 Å². The smallest absolute Gasteiger partial charge is 0.131 e. The van der Waals surface area contributed by atoms with Crippen molar-refractivity contribution >= 4 is 11.6 Å². The van der Waals surface area contributed by atoms with Gasteiger partial charge in [0.15, 0.2) is 0 Å². The molecule has 0 saturated carbocycles. The monoisotopic (exact) mass is 200 g/mol. The Bertz CT molecular complexity index is 287. The Morgan fingerprint density at radius 1 is 1.69 bits per heavy atom. The van der Waals surface area contributed by atoms with Crippen LogP contribution in [0.15, 0.2) is 12.3 Å². The quantitative estimate of drug-likeness (QED) is 0.718. The molecule has 1 heterocycles. The van der Waals surface area contributed by atoms with Gasteiger partial charge in [-0.2, -0.15) is 0 Å². The summed E-state index contributed by atoms with van der Waals surface area (Å²) in [7, 11) is 0. The van der Waals surface area contributed by atoms with Crippen molar-refractivity contribution in [2.75, 3.05) is 13.2 Å². The van der Waals surface area contributed by atoms with E-state index in [1.54, 1.807) is 6.20 Å². The molecule has 1 aromatic heterocycles. The van der Waals surface area contributed by atoms with Gasteiger partial charge in [0.25, 0.3) is 0 Å². The van der Waals surface area contributed by atoms with Gasteiger partial charge in [0.1, 0.15) is 5.15 Å². The highest BCUT2D eigenvalue weighted by Gasteiger charge is 2.09. The third-order valence-electron chi connectivity index (χ3n) is 2.01. The van der Waals surface area contributed by atoms with Gasteiger partial charge in [-0.25, -0.2) is 4.98 Å². The van der Waals surface area contributed by atoms with E-state index in [1.165, 1.54) is 0 Å². The van der Waals surface area contributed by atoms with Crippen molar-refractivity contribution in [3.05, 3.63) is 28.5 Å². The zero-order valence-electron chi connectivity index (χ0n) is 7.50. The van der Waals surface area contributed by atoms with Crippen molar-refractivity contribution < 1.29 is 5.11 Å². The first-order valence-electron chi connectivity index (χ1n) is 4.12. The fourth-order valence-corrected chi connectivity index (χ4v) is 1.22. The lowest BCUT2D eigenvalue weighted by Crippen LogP contribution is -2.16. The van der Waals surface area contributed by atoms with Crippen molar-refractivity contribution in [2.24, 2.45) is 5.73 Å². The fourth-order valence-electron chi connectivity index (χ4n) is 1.12. The van der Waals surface area contributed by atoms with E-state index in [2.05, 4.69) is 4.98 Å². The molecule has 0 aliphatic rings. The Kier molecular flexibility index (Phi) is 3.66. The number of hydrogen-bond donors (Lipinski definition) is 2. The van der Waals surface area contributed by atoms with E-state index in [9.17, 15) is 0 Å². The molecular formula is C9H13ClN2O. The molecule has 1 aromatic rings. The molecular weight excluding hydrogens is 188 g/mol. The van der Waals surface area contributed by atoms with Gasteiger partial charge in [-0.3, -0.25) is 0 Å². The molecule has 1 atom stereocenters. The van der Waals surface area contributed by atoms with Crippen LogP contribution in [0.25, 0.3) is 0 Å². The van der Waals surface area contributed by atoms with Gasteiger partial charge in [-0.05, 0) is 18.1 Å². The summed E-state index contributed by atoms with van der Waals surface area (Å²) in [5.74, 6) is -0.0385. The zero-order valence-corrected chi connectivity index (χ0v) is 8.25. The van der Waals surface area contributed by atoms with E-state index in [4.69, 9.17) is 22.4 Å². The SMILES string of the molecule is Cc1cc(C(CN)CO)cnc1Cl. The van der Waals surface area contributed by atoms with Crippen LogP contribution < -0.4 is 5.73 Å². The van der Waals surface area contributed by atoms with Crippen LogP contribution >= 0.6 is 11.6 Å². The standard InChI is InChI=1S/C9H13ClN2O/c1-6-2-7(4-12-9(6)10)8(3-11)5-13/h2,4,8,13H,3,5,11H2,1H3. The number of hydrogen-bond acceptors (Lipinski definition) is 3. The number of aliphatic hydroxyl groups excluding tert-OH is 1. The largest absolute Gasteiger partial charge is 0.396 e. The van der Waals surface area contributed by atoms with Gasteiger partial charge >= 0.3 is 0 Å². The number of rotatable bonds is 3. The molecule has 13 heavy (non-hydrogen) atoms. The van der Waals surface area contributed by atoms with E-state index < -0.39 is 0 Å². The van der Waals surface area contributed by atoms with E-state index in [0.29, 0.717) is 11.7 Å². The lowest BCUT2D eigenvalue weighted by atomic mass is 10.0. The molecule has 4 heteroatoms. The highest BCUT2D eigenvalue weighted by atomic mass is 35.5. The van der Waals surface area contributed by atoms with Gasteiger partial charge in [-0.1, -0.05) is 17.7 Å². The van der Waals surface area contributed by atoms with Crippen LogP contribution in [0.1, 0.15) is 17.0 Å². The number of aliphatic hydroxyl groups is 1. The van der Waals surface area contributed by atoms with Crippen molar-refractivity contribution in [1.82, 2.24) is 4.98 Å². The highest BCUT2D eigenvalue weighted by Crippen LogP contribution is 2.18. The summed E-state index contributed by atoms with van der Waals surface area (Å²) in [6.07, 6.45) is 1.66. The Hall–Kier alpha value is -0.640. The maximum absolute atomic E-state index is 9.00. The lowest BCUT2D eigenvalue weighted by molar-refractivity contribution is 0.267. The lowest BCUT2D eigenvalue weighted by Gasteiger charge is -2.12. The molecule has 0 amide bonds. The average Bonchev–Trinajstić information content (AvgIpc) is 2.13. The molecule has 0 fully saturated rings. The molecule has 72 valence electrons. The van der Waals surface area contributed by atoms with Crippen LogP contribution in [0.4, 0.5) is 0 Å². The van der Waals surface area contributed by atoms with Gasteiger partial charge in [0.05, 0.1) is 6.61 Å². The molecule has 3 nitrogen and oxygen atoms in total. The summed E-state index contributed by atoms with van der Waals surface area (Å²) in [6.45, 7) is 2.34. The Balaban J connectivity index is 2.95. The molecule has 0 aliphatic carbocycles. The number of nitrogens with two attached hydrogens (primary N) is 1. The third-order valence-corrected chi connectivity index (χ3v) is 2.41. The summed E-state index contributed by atoms with van der Waals surface area (Å²) in [4.78, 5) is 3.99. The topological polar surface area (TPSA) is 59.1 Å². The molecule has 0 aromatic carbocycles. The second kappa shape index (κ2) is 4.56. The molecule has 0 bridgehead atoms. The molecule has 0 saturated heterocycles. The average molecular weight is 201 g/mol. The minimum atomic E-state index is -0.0385. The molecule has 0 radical (unpaired) electrons. The normalized spacial score (nSPS) is 12.9. The van der Waals surface area contributed by atoms with Crippen molar-refractivity contribution in [1.29, 1.82) is 0 Å². The first kappa shape index (κ1) is 10.4. The molecule has 0 aliphatic heterocycles. The van der Waals surface area contributed by atoms with Crippen LogP contribution in [0.5, 0.6) is 0 Å². The summed E-state index contributed by atoms with van der Waals surface area (Å²) < 4.78 is 0. The van der Waals surface area contributed by atoms with Crippen LogP contribution in [0.3, 0.4) is 0 Å². The maximum Gasteiger partial charge on any atom is 0.131 e. The highest BCUT2D eigenvalue weighted by molar-refractivity contribution is 6.30. The van der Waals surface area contributed by atoms with Gasteiger partial charge in [0, 0.05) is 18.7 Å². The summed E-state index contributed by atoms with van der Waals surface area (Å²) in [6, 6.07) is 1.91. The summed E-state index contributed by atoms with van der Waals surface area (Å²) in [5.41, 5.74) is 7.33. The first-order valence-corrected chi connectivity index (χ1v) is 4.49. The third kappa shape index (κ3) is 2.40. The zero-order chi connectivity index (χ0) is 9.84. The van der Waals surface area contributed by atoms with Gasteiger partial charge in [-0.15, -0.1) is 0 Å². The van der Waals surface area contributed by atoms with E-state index >= 15 is 0 Å². The Morgan fingerprint density at radius 3 is 2.85 bits per heavy atom. The molecule has 1 rings (SSSR count). The second-order valence-electron chi connectivity index (χ2n) is 2.99. The molecule has 3 N–H and O–H groups in total. The van der Waals surface area contributed by atoms with Crippen molar-refractivity contribution in [3.8, 4) is 0 Å². The van der Waals surface area contributed by atoms with Crippen molar-refractivity contribution in [2.45, 2.75) is 12.8 Å². The van der Waals surface area contributed by atoms with Gasteiger partial charge < -0.3 is 10.8 Å². The van der Waals surface area contributed by atoms with Crippen LogP contribution in [-0.4, -0.2) is 23.2 Å². The van der Waals surface area contributed by atoms with Gasteiger partial charge in [0.2, 0.25) is 0 Å². The first-order chi connectivity index (χ1) is 6.19. The van der Waals surface area contributed by atoms with E-state index in [0.717, 1.165) is 11.1 Å². The molecule has 1 unspecified atom stereocenters. The number of pyridine rings is 1. The predicted octanol–water partition coefficient (Wildman–Crippen LogP) is 1.08. The predicted molar refractivity (Wildman–Crippen MR) is 52.9 cm³/mol. The van der Waals surface area contributed by atoms with Crippen LogP contribution in [0, 0.1) is 6.92 Å². The number of aryl methyl sites for hydroxylation is 1. The Morgan fingerprint density at radius 2 is 2.38 bits per heavy atom. The maximum atomic E-state index is 9.00. The second-order valence-corrected chi connectivity index (χ2v) is 3.35. The van der Waals surface area contributed by atoms with Crippen molar-refractivity contribution in [3.63, 3.8) is 0 Å². The number of aromatic nitrogens is 1. The molecule has 0 spiro atoms. The number of halogens is 1. The van der Waals surface area contributed by atoms with Crippen LogP contribution in [0.2, 0.25) is 5.15 Å². The minimum Gasteiger partial charge on any atom is -0.396 e. The summed E-state index contributed by atoms with van der Waals surface area (Å²) >= 11 is 5.77. The van der Waals surface area contributed by atoms with E-state index in [1.807, 2.05) is 13.0 Å². The Labute approximate surface area is 82.5 Å². The fraction of sp³-hybridized carbons (Fsp3) is 0.444. The summed E-state index contributed by atoms with van der Waals surface area (Å²) in [5, 5.41) is 9.50. The minimum absolute atomic E-state index is 0.0385. The number of nitrogens with zero attached hydrogens (tertiary/aromatic N) is 1. The van der Waals surface area contributed by atoms with Crippen LogP contribution in [-0.2, 0) is 0 Å².